The van der Waals surface area contributed by atoms with E-state index in [-0.39, 0.29) is 12.0 Å². The summed E-state index contributed by atoms with van der Waals surface area (Å²) < 4.78 is 10.8. The lowest BCUT2D eigenvalue weighted by Gasteiger charge is -2.21. The molecule has 1 aromatic rings. The van der Waals surface area contributed by atoms with Crippen LogP contribution in [0.25, 0.3) is 6.08 Å². The second-order valence-electron chi connectivity index (χ2n) is 7.44. The topological polar surface area (TPSA) is 59.1 Å². The fraction of sp³-hybridized carbons (Fsp3) is 0.524. The molecule has 6 nitrogen and oxygen atoms in total. The molecule has 2 aliphatic heterocycles. The molecule has 0 atom stereocenters. The van der Waals surface area contributed by atoms with Gasteiger partial charge in [-0.2, -0.15) is 0 Å². The highest BCUT2D eigenvalue weighted by atomic mass is 16.6. The van der Waals surface area contributed by atoms with E-state index in [1.807, 2.05) is 32.1 Å². The third-order valence-electron chi connectivity index (χ3n) is 4.74. The van der Waals surface area contributed by atoms with E-state index in [4.69, 9.17) is 9.47 Å². The molecule has 0 bridgehead atoms. The molecule has 2 aliphatic rings. The van der Waals surface area contributed by atoms with Crippen LogP contribution in [0.1, 0.15) is 31.4 Å². The summed E-state index contributed by atoms with van der Waals surface area (Å²) in [5, 5.41) is 0. The molecular formula is C21H28N2O4. The van der Waals surface area contributed by atoms with Gasteiger partial charge in [-0.3, -0.25) is 4.79 Å². The Morgan fingerprint density at radius 1 is 1.19 bits per heavy atom. The van der Waals surface area contributed by atoms with Crippen LogP contribution in [-0.4, -0.2) is 61.2 Å². The van der Waals surface area contributed by atoms with Gasteiger partial charge in [-0.15, -0.1) is 0 Å². The monoisotopic (exact) mass is 372 g/mol. The number of amides is 2. The number of carbonyl (C=O) groups is 2. The van der Waals surface area contributed by atoms with Crippen LogP contribution in [-0.2, 0) is 16.0 Å². The van der Waals surface area contributed by atoms with Gasteiger partial charge in [-0.25, -0.2) is 4.79 Å². The van der Waals surface area contributed by atoms with Crippen molar-refractivity contribution in [2.24, 2.45) is 5.92 Å². The zero-order valence-corrected chi connectivity index (χ0v) is 16.1. The Bertz CT molecular complexity index is 714. The summed E-state index contributed by atoms with van der Waals surface area (Å²) in [6.45, 7) is 7.47. The van der Waals surface area contributed by atoms with Crippen LogP contribution in [0.4, 0.5) is 4.79 Å². The van der Waals surface area contributed by atoms with E-state index in [1.54, 1.807) is 15.9 Å². The zero-order valence-electron chi connectivity index (χ0n) is 16.1. The summed E-state index contributed by atoms with van der Waals surface area (Å²) in [6.07, 6.45) is 4.85. The van der Waals surface area contributed by atoms with Crippen molar-refractivity contribution < 1.29 is 19.1 Å². The molecule has 27 heavy (non-hydrogen) atoms. The Kier molecular flexibility index (Phi) is 6.37. The molecule has 1 aromatic carbocycles. The van der Waals surface area contributed by atoms with Gasteiger partial charge in [0.25, 0.3) is 0 Å². The molecule has 6 heteroatoms. The molecule has 0 spiro atoms. The second kappa shape index (κ2) is 8.93. The van der Waals surface area contributed by atoms with Crippen molar-refractivity contribution in [1.29, 1.82) is 0 Å². The quantitative estimate of drug-likeness (QED) is 0.763. The van der Waals surface area contributed by atoms with Crippen LogP contribution in [0.15, 0.2) is 24.3 Å². The number of hydrogen-bond donors (Lipinski definition) is 0. The Morgan fingerprint density at radius 3 is 2.78 bits per heavy atom. The van der Waals surface area contributed by atoms with Crippen LogP contribution in [0.5, 0.6) is 5.75 Å². The first-order valence-corrected chi connectivity index (χ1v) is 9.67. The third-order valence-corrected chi connectivity index (χ3v) is 4.74. The van der Waals surface area contributed by atoms with Gasteiger partial charge in [0.2, 0.25) is 5.91 Å². The molecule has 146 valence electrons. The van der Waals surface area contributed by atoms with Crippen LogP contribution in [0.3, 0.4) is 0 Å². The average Bonchev–Trinajstić information content (AvgIpc) is 2.98. The summed E-state index contributed by atoms with van der Waals surface area (Å²) in [5.41, 5.74) is 2.19. The van der Waals surface area contributed by atoms with Crippen molar-refractivity contribution in [3.05, 3.63) is 35.4 Å². The van der Waals surface area contributed by atoms with Crippen molar-refractivity contribution in [2.75, 3.05) is 39.4 Å². The molecule has 0 radical (unpaired) electrons. The normalized spacial score (nSPS) is 17.0. The minimum Gasteiger partial charge on any atom is -0.493 e. The minimum absolute atomic E-state index is 0.0239. The zero-order chi connectivity index (χ0) is 19.2. The molecule has 2 heterocycles. The smallest absolute Gasteiger partial charge is 0.409 e. The number of rotatable bonds is 4. The molecule has 0 aliphatic carbocycles. The van der Waals surface area contributed by atoms with Gasteiger partial charge in [0, 0.05) is 38.7 Å². The average molecular weight is 372 g/mol. The van der Waals surface area contributed by atoms with Crippen LogP contribution in [0.2, 0.25) is 0 Å². The lowest BCUT2D eigenvalue weighted by atomic mass is 10.1. The number of benzene rings is 1. The molecule has 0 aromatic heterocycles. The maximum absolute atomic E-state index is 12.5. The molecule has 0 saturated carbocycles. The van der Waals surface area contributed by atoms with Crippen molar-refractivity contribution in [3.8, 4) is 5.75 Å². The second-order valence-corrected chi connectivity index (χ2v) is 7.44. The number of nitrogens with zero attached hydrogens (tertiary/aromatic N) is 2. The van der Waals surface area contributed by atoms with Gasteiger partial charge in [-0.1, -0.05) is 19.9 Å². The number of ether oxygens (including phenoxy) is 2. The highest BCUT2D eigenvalue weighted by Crippen LogP contribution is 2.26. The standard InChI is InChI=1S/C21H28N2O4/c1-16(2)15-27-21(25)23-10-3-9-22(11-12-23)20(24)7-5-17-4-6-19-18(14-17)8-13-26-19/h4-7,14,16H,3,8-13,15H2,1-2H3. The predicted octanol–water partition coefficient (Wildman–Crippen LogP) is 2.96. The van der Waals surface area contributed by atoms with E-state index in [1.165, 1.54) is 5.56 Å². The fourth-order valence-corrected chi connectivity index (χ4v) is 3.23. The van der Waals surface area contributed by atoms with Gasteiger partial charge < -0.3 is 19.3 Å². The summed E-state index contributed by atoms with van der Waals surface area (Å²) in [5.74, 6) is 1.23. The van der Waals surface area contributed by atoms with Crippen molar-refractivity contribution >= 4 is 18.1 Å². The highest BCUT2D eigenvalue weighted by molar-refractivity contribution is 5.91. The molecule has 0 unspecified atom stereocenters. The molecule has 2 amide bonds. The van der Waals surface area contributed by atoms with Gasteiger partial charge in [-0.05, 0) is 41.7 Å². The summed E-state index contributed by atoms with van der Waals surface area (Å²) >= 11 is 0. The summed E-state index contributed by atoms with van der Waals surface area (Å²) in [4.78, 5) is 28.1. The maximum atomic E-state index is 12.5. The first kappa shape index (κ1) is 19.3. The highest BCUT2D eigenvalue weighted by Gasteiger charge is 2.22. The number of hydrogen-bond acceptors (Lipinski definition) is 4. The molecule has 1 fully saturated rings. The van der Waals surface area contributed by atoms with Crippen LogP contribution >= 0.6 is 0 Å². The van der Waals surface area contributed by atoms with Gasteiger partial charge >= 0.3 is 6.09 Å². The Hall–Kier alpha value is -2.50. The lowest BCUT2D eigenvalue weighted by molar-refractivity contribution is -0.125. The predicted molar refractivity (Wildman–Crippen MR) is 104 cm³/mol. The number of fused-ring (bicyclic) bond motifs is 1. The Labute approximate surface area is 160 Å². The van der Waals surface area contributed by atoms with Crippen molar-refractivity contribution in [2.45, 2.75) is 26.7 Å². The third kappa shape index (κ3) is 5.25. The summed E-state index contributed by atoms with van der Waals surface area (Å²) in [7, 11) is 0. The van der Waals surface area contributed by atoms with E-state index in [2.05, 4.69) is 6.07 Å². The van der Waals surface area contributed by atoms with E-state index in [0.29, 0.717) is 38.7 Å². The molecule has 1 saturated heterocycles. The Balaban J connectivity index is 1.52. The largest absolute Gasteiger partial charge is 0.493 e. The Morgan fingerprint density at radius 2 is 1.96 bits per heavy atom. The van der Waals surface area contributed by atoms with Crippen molar-refractivity contribution in [1.82, 2.24) is 9.80 Å². The van der Waals surface area contributed by atoms with E-state index < -0.39 is 0 Å². The van der Waals surface area contributed by atoms with E-state index in [0.717, 1.165) is 30.8 Å². The minimum atomic E-state index is -0.283. The molecule has 3 rings (SSSR count). The maximum Gasteiger partial charge on any atom is 0.409 e. The first-order chi connectivity index (χ1) is 13.0. The summed E-state index contributed by atoms with van der Waals surface area (Å²) in [6, 6.07) is 5.99. The lowest BCUT2D eigenvalue weighted by Crippen LogP contribution is -2.37. The van der Waals surface area contributed by atoms with E-state index >= 15 is 0 Å². The van der Waals surface area contributed by atoms with Crippen LogP contribution in [0, 0.1) is 5.92 Å². The number of carbonyl (C=O) groups excluding carboxylic acids is 2. The van der Waals surface area contributed by atoms with Gasteiger partial charge in [0.1, 0.15) is 5.75 Å². The fourth-order valence-electron chi connectivity index (χ4n) is 3.23. The van der Waals surface area contributed by atoms with Crippen molar-refractivity contribution in [3.63, 3.8) is 0 Å². The first-order valence-electron chi connectivity index (χ1n) is 9.67. The van der Waals surface area contributed by atoms with Crippen LogP contribution < -0.4 is 4.74 Å². The van der Waals surface area contributed by atoms with E-state index in [9.17, 15) is 9.59 Å². The van der Waals surface area contributed by atoms with Gasteiger partial charge in [0.05, 0.1) is 13.2 Å². The SMILES string of the molecule is CC(C)COC(=O)N1CCCN(C(=O)C=Cc2ccc3c(c2)CCO3)CC1. The van der Waals surface area contributed by atoms with Gasteiger partial charge in [0.15, 0.2) is 0 Å². The molecular weight excluding hydrogens is 344 g/mol. The molecule has 0 N–H and O–H groups in total.